The minimum atomic E-state index is -0.457. The van der Waals surface area contributed by atoms with Crippen molar-refractivity contribution in [2.75, 3.05) is 6.54 Å². The molecule has 1 aromatic carbocycles. The van der Waals surface area contributed by atoms with E-state index in [2.05, 4.69) is 35.1 Å². The number of carbonyl (C=O) groups is 1. The molecule has 0 heterocycles. The van der Waals surface area contributed by atoms with E-state index in [1.807, 2.05) is 57.2 Å². The maximum Gasteiger partial charge on any atom is 0.323 e. The molecule has 0 aliphatic rings. The Morgan fingerprint density at radius 3 is 2.39 bits per heavy atom. The molecule has 0 bridgehead atoms. The number of hydrogen-bond donors (Lipinski definition) is 1. The molecular weight excluding hydrogens is 354 g/mol. The van der Waals surface area contributed by atoms with E-state index in [0.29, 0.717) is 12.5 Å². The van der Waals surface area contributed by atoms with E-state index in [4.69, 9.17) is 4.74 Å². The van der Waals surface area contributed by atoms with Gasteiger partial charge in [0, 0.05) is 11.0 Å². The maximum absolute atomic E-state index is 12.3. The minimum Gasteiger partial charge on any atom is -0.459 e. The molecule has 1 aromatic rings. The fraction of sp³-hybridized carbons (Fsp3) is 0.526. The fourth-order valence-electron chi connectivity index (χ4n) is 2.09. The van der Waals surface area contributed by atoms with Crippen LogP contribution in [0.3, 0.4) is 0 Å². The fourth-order valence-corrected chi connectivity index (χ4v) is 2.35. The first-order chi connectivity index (χ1) is 10.7. The zero-order chi connectivity index (χ0) is 17.5. The average Bonchev–Trinajstić information content (AvgIpc) is 2.41. The summed E-state index contributed by atoms with van der Waals surface area (Å²) in [5, 5.41) is 3.28. The summed E-state index contributed by atoms with van der Waals surface area (Å²) >= 11 is 3.42. The van der Waals surface area contributed by atoms with Gasteiger partial charge in [0.05, 0.1) is 0 Å². The molecule has 1 rings (SSSR count). The van der Waals surface area contributed by atoms with Gasteiger partial charge in [-0.1, -0.05) is 54.1 Å². The SMILES string of the molecule is CC(C)C[C@@H](NC/C=C/c1ccc(Br)cc1)C(=O)OC(C)(C)C. The molecule has 0 radical (unpaired) electrons. The van der Waals surface area contributed by atoms with Gasteiger partial charge in [-0.05, 0) is 50.8 Å². The van der Waals surface area contributed by atoms with E-state index in [0.717, 1.165) is 16.5 Å². The van der Waals surface area contributed by atoms with Crippen molar-refractivity contribution in [1.82, 2.24) is 5.32 Å². The van der Waals surface area contributed by atoms with Gasteiger partial charge in [-0.15, -0.1) is 0 Å². The Bertz CT molecular complexity index is 515. The third kappa shape index (κ3) is 8.92. The van der Waals surface area contributed by atoms with Crippen LogP contribution in [0.2, 0.25) is 0 Å². The Balaban J connectivity index is 2.56. The highest BCUT2D eigenvalue weighted by atomic mass is 79.9. The van der Waals surface area contributed by atoms with Gasteiger partial charge in [0.25, 0.3) is 0 Å². The highest BCUT2D eigenvalue weighted by molar-refractivity contribution is 9.10. The van der Waals surface area contributed by atoms with Crippen LogP contribution in [0.15, 0.2) is 34.8 Å². The Morgan fingerprint density at radius 2 is 1.87 bits per heavy atom. The smallest absolute Gasteiger partial charge is 0.323 e. The van der Waals surface area contributed by atoms with Crippen LogP contribution in [0, 0.1) is 5.92 Å². The van der Waals surface area contributed by atoms with E-state index in [9.17, 15) is 4.79 Å². The van der Waals surface area contributed by atoms with Gasteiger partial charge in [-0.3, -0.25) is 4.79 Å². The molecule has 23 heavy (non-hydrogen) atoms. The Morgan fingerprint density at radius 1 is 1.26 bits per heavy atom. The topological polar surface area (TPSA) is 38.3 Å². The summed E-state index contributed by atoms with van der Waals surface area (Å²) in [5.41, 5.74) is 0.675. The van der Waals surface area contributed by atoms with Gasteiger partial charge in [-0.2, -0.15) is 0 Å². The van der Waals surface area contributed by atoms with Crippen molar-refractivity contribution in [3.8, 4) is 0 Å². The van der Waals surface area contributed by atoms with Gasteiger partial charge in [0.15, 0.2) is 0 Å². The van der Waals surface area contributed by atoms with Crippen LogP contribution >= 0.6 is 15.9 Å². The number of carbonyl (C=O) groups excluding carboxylic acids is 1. The lowest BCUT2D eigenvalue weighted by molar-refractivity contribution is -0.157. The van der Waals surface area contributed by atoms with Crippen molar-refractivity contribution >= 4 is 28.0 Å². The lowest BCUT2D eigenvalue weighted by atomic mass is 10.0. The second kappa shape index (κ2) is 9.24. The molecule has 128 valence electrons. The van der Waals surface area contributed by atoms with Crippen LogP contribution in [-0.4, -0.2) is 24.2 Å². The van der Waals surface area contributed by atoms with E-state index in [-0.39, 0.29) is 12.0 Å². The molecule has 0 saturated heterocycles. The standard InChI is InChI=1S/C19H28BrNO2/c1-14(2)13-17(18(22)23-19(3,4)5)21-12-6-7-15-8-10-16(20)11-9-15/h6-11,14,17,21H,12-13H2,1-5H3/b7-6+/t17-/m1/s1. The van der Waals surface area contributed by atoms with Gasteiger partial charge >= 0.3 is 5.97 Å². The number of halogens is 1. The molecule has 3 nitrogen and oxygen atoms in total. The number of esters is 1. The average molecular weight is 382 g/mol. The molecular formula is C19H28BrNO2. The van der Waals surface area contributed by atoms with Crippen molar-refractivity contribution in [3.63, 3.8) is 0 Å². The molecule has 0 saturated carbocycles. The first-order valence-electron chi connectivity index (χ1n) is 8.06. The summed E-state index contributed by atoms with van der Waals surface area (Å²) in [7, 11) is 0. The second-order valence-electron chi connectivity index (χ2n) is 7.08. The predicted octanol–water partition coefficient (Wildman–Crippen LogP) is 4.81. The molecule has 4 heteroatoms. The minimum absolute atomic E-state index is 0.178. The number of hydrogen-bond acceptors (Lipinski definition) is 3. The maximum atomic E-state index is 12.3. The number of benzene rings is 1. The van der Waals surface area contributed by atoms with Gasteiger partial charge in [0.2, 0.25) is 0 Å². The van der Waals surface area contributed by atoms with Crippen LogP contribution in [0.25, 0.3) is 6.08 Å². The molecule has 0 aromatic heterocycles. The van der Waals surface area contributed by atoms with E-state index < -0.39 is 5.60 Å². The second-order valence-corrected chi connectivity index (χ2v) is 7.99. The molecule has 0 amide bonds. The molecule has 0 aliphatic carbocycles. The zero-order valence-corrected chi connectivity index (χ0v) is 16.3. The van der Waals surface area contributed by atoms with Crippen LogP contribution in [0.4, 0.5) is 0 Å². The monoisotopic (exact) mass is 381 g/mol. The van der Waals surface area contributed by atoms with Crippen LogP contribution in [0.5, 0.6) is 0 Å². The Hall–Kier alpha value is -1.13. The quantitative estimate of drug-likeness (QED) is 0.688. The lowest BCUT2D eigenvalue weighted by Gasteiger charge is -2.25. The van der Waals surface area contributed by atoms with E-state index in [1.54, 1.807) is 0 Å². The molecule has 1 N–H and O–H groups in total. The van der Waals surface area contributed by atoms with Crippen LogP contribution in [0.1, 0.15) is 46.6 Å². The van der Waals surface area contributed by atoms with Crippen LogP contribution in [-0.2, 0) is 9.53 Å². The summed E-state index contributed by atoms with van der Waals surface area (Å²) < 4.78 is 6.56. The zero-order valence-electron chi connectivity index (χ0n) is 14.7. The third-order valence-electron chi connectivity index (χ3n) is 3.06. The van der Waals surface area contributed by atoms with Crippen molar-refractivity contribution in [2.45, 2.75) is 52.7 Å². The van der Waals surface area contributed by atoms with Gasteiger partial charge < -0.3 is 10.1 Å². The number of rotatable bonds is 7. The first-order valence-corrected chi connectivity index (χ1v) is 8.85. The predicted molar refractivity (Wildman–Crippen MR) is 100 cm³/mol. The van der Waals surface area contributed by atoms with Crippen molar-refractivity contribution in [2.24, 2.45) is 5.92 Å². The normalized spacial score (nSPS) is 13.5. The summed E-state index contributed by atoms with van der Waals surface area (Å²) in [6, 6.07) is 7.83. The van der Waals surface area contributed by atoms with Crippen molar-refractivity contribution in [1.29, 1.82) is 0 Å². The number of nitrogens with one attached hydrogen (secondary N) is 1. The van der Waals surface area contributed by atoms with Gasteiger partial charge in [0.1, 0.15) is 11.6 Å². The summed E-state index contributed by atoms with van der Waals surface area (Å²) in [6.45, 7) is 10.5. The Kier molecular flexibility index (Phi) is 8.00. The highest BCUT2D eigenvalue weighted by Crippen LogP contribution is 2.13. The molecule has 0 unspecified atom stereocenters. The third-order valence-corrected chi connectivity index (χ3v) is 3.59. The molecule has 0 aliphatic heterocycles. The molecule has 0 spiro atoms. The first kappa shape index (κ1) is 19.9. The summed E-state index contributed by atoms with van der Waals surface area (Å²) in [4.78, 5) is 12.3. The number of ether oxygens (including phenoxy) is 1. The van der Waals surface area contributed by atoms with Crippen molar-refractivity contribution in [3.05, 3.63) is 40.4 Å². The molecule has 1 atom stereocenters. The highest BCUT2D eigenvalue weighted by Gasteiger charge is 2.25. The van der Waals surface area contributed by atoms with Crippen molar-refractivity contribution < 1.29 is 9.53 Å². The summed E-state index contributed by atoms with van der Waals surface area (Å²) in [5.74, 6) is 0.249. The van der Waals surface area contributed by atoms with E-state index >= 15 is 0 Å². The lowest BCUT2D eigenvalue weighted by Crippen LogP contribution is -2.42. The largest absolute Gasteiger partial charge is 0.459 e. The summed E-state index contributed by atoms with van der Waals surface area (Å²) in [6.07, 6.45) is 4.84. The van der Waals surface area contributed by atoms with Crippen LogP contribution < -0.4 is 5.32 Å². The van der Waals surface area contributed by atoms with Gasteiger partial charge in [-0.25, -0.2) is 0 Å². The Labute approximate surface area is 148 Å². The van der Waals surface area contributed by atoms with E-state index in [1.165, 1.54) is 0 Å². The molecule has 0 fully saturated rings.